The summed E-state index contributed by atoms with van der Waals surface area (Å²) in [7, 11) is 0. The third kappa shape index (κ3) is 4.11. The number of esters is 1. The van der Waals surface area contributed by atoms with Crippen LogP contribution in [0.3, 0.4) is 0 Å². The highest BCUT2D eigenvalue weighted by Crippen LogP contribution is 2.30. The van der Waals surface area contributed by atoms with E-state index in [-0.39, 0.29) is 31.1 Å². The maximum atomic E-state index is 12.1. The van der Waals surface area contributed by atoms with Gasteiger partial charge in [-0.1, -0.05) is 32.0 Å². The maximum Gasteiger partial charge on any atom is 0.319 e. The van der Waals surface area contributed by atoms with E-state index in [4.69, 9.17) is 4.74 Å². The summed E-state index contributed by atoms with van der Waals surface area (Å²) in [6.45, 7) is 7.21. The Kier molecular flexibility index (Phi) is 6.19. The van der Waals surface area contributed by atoms with Crippen LogP contribution in [-0.2, 0) is 16.1 Å². The van der Waals surface area contributed by atoms with Gasteiger partial charge in [-0.3, -0.25) is 4.79 Å². The number of aryl methyl sites for hydroxylation is 1. The summed E-state index contributed by atoms with van der Waals surface area (Å²) in [6.07, 6.45) is 0.740. The molecule has 0 fully saturated rings. The summed E-state index contributed by atoms with van der Waals surface area (Å²) < 4.78 is 7.40. The summed E-state index contributed by atoms with van der Waals surface area (Å²) in [5, 5.41) is 7.84. The molecule has 1 aromatic heterocycles. The summed E-state index contributed by atoms with van der Waals surface area (Å²) in [5.74, 6) is -0.353. The number of fused-ring (bicyclic) bond motifs is 3. The SMILES string of the molecule is CCC(C)C(=O)OCCNC(=O)Nc1ccc2c(c1)c1ccccc1n2CC. The van der Waals surface area contributed by atoms with Crippen LogP contribution in [0.4, 0.5) is 10.5 Å². The molecule has 0 bridgehead atoms. The van der Waals surface area contributed by atoms with Crippen LogP contribution in [0.15, 0.2) is 42.5 Å². The lowest BCUT2D eigenvalue weighted by atomic mass is 10.1. The molecule has 28 heavy (non-hydrogen) atoms. The van der Waals surface area contributed by atoms with E-state index in [2.05, 4.69) is 34.3 Å². The summed E-state index contributed by atoms with van der Waals surface area (Å²) in [5.41, 5.74) is 3.05. The topological polar surface area (TPSA) is 72.4 Å². The second kappa shape index (κ2) is 8.78. The number of ether oxygens (including phenoxy) is 1. The number of nitrogens with one attached hydrogen (secondary N) is 2. The Hall–Kier alpha value is -3.02. The van der Waals surface area contributed by atoms with Crippen molar-refractivity contribution >= 4 is 39.5 Å². The third-order valence-electron chi connectivity index (χ3n) is 4.99. The van der Waals surface area contributed by atoms with Crippen molar-refractivity contribution in [3.63, 3.8) is 0 Å². The Morgan fingerprint density at radius 2 is 1.82 bits per heavy atom. The Morgan fingerprint density at radius 1 is 1.07 bits per heavy atom. The van der Waals surface area contributed by atoms with Gasteiger partial charge in [-0.25, -0.2) is 4.79 Å². The van der Waals surface area contributed by atoms with E-state index >= 15 is 0 Å². The van der Waals surface area contributed by atoms with Gasteiger partial charge in [0.15, 0.2) is 0 Å². The van der Waals surface area contributed by atoms with Crippen molar-refractivity contribution in [2.75, 3.05) is 18.5 Å². The van der Waals surface area contributed by atoms with Gasteiger partial charge >= 0.3 is 12.0 Å². The summed E-state index contributed by atoms with van der Waals surface area (Å²) in [4.78, 5) is 23.8. The van der Waals surface area contributed by atoms with E-state index in [1.807, 2.05) is 44.2 Å². The highest BCUT2D eigenvalue weighted by molar-refractivity contribution is 6.09. The molecule has 0 radical (unpaired) electrons. The first-order valence-corrected chi connectivity index (χ1v) is 9.77. The lowest BCUT2D eigenvalue weighted by molar-refractivity contribution is -0.147. The van der Waals surface area contributed by atoms with Crippen LogP contribution in [-0.4, -0.2) is 29.7 Å². The highest BCUT2D eigenvalue weighted by Gasteiger charge is 2.12. The van der Waals surface area contributed by atoms with Gasteiger partial charge in [-0.05, 0) is 37.6 Å². The molecule has 0 spiro atoms. The fraction of sp³-hybridized carbons (Fsp3) is 0.364. The molecule has 3 aromatic rings. The zero-order valence-corrected chi connectivity index (χ0v) is 16.6. The molecule has 2 aromatic carbocycles. The lowest BCUT2D eigenvalue weighted by Gasteiger charge is -2.11. The average Bonchev–Trinajstić information content (AvgIpc) is 3.03. The highest BCUT2D eigenvalue weighted by atomic mass is 16.5. The first kappa shape index (κ1) is 19.7. The van der Waals surface area contributed by atoms with Gasteiger partial charge in [0.2, 0.25) is 0 Å². The molecule has 0 aliphatic carbocycles. The van der Waals surface area contributed by atoms with E-state index in [1.165, 1.54) is 10.9 Å². The number of benzene rings is 2. The number of amides is 2. The van der Waals surface area contributed by atoms with E-state index in [1.54, 1.807) is 0 Å². The van der Waals surface area contributed by atoms with E-state index < -0.39 is 0 Å². The molecule has 0 aliphatic heterocycles. The fourth-order valence-corrected chi connectivity index (χ4v) is 3.27. The monoisotopic (exact) mass is 381 g/mol. The van der Waals surface area contributed by atoms with Crippen LogP contribution in [0.25, 0.3) is 21.8 Å². The second-order valence-electron chi connectivity index (χ2n) is 6.85. The van der Waals surface area contributed by atoms with Crippen molar-refractivity contribution in [1.82, 2.24) is 9.88 Å². The molecular formula is C22H27N3O3. The molecule has 2 amide bonds. The minimum absolute atomic E-state index is 0.120. The Morgan fingerprint density at radius 3 is 2.57 bits per heavy atom. The van der Waals surface area contributed by atoms with Crippen molar-refractivity contribution in [2.45, 2.75) is 33.7 Å². The number of hydrogen-bond donors (Lipinski definition) is 2. The van der Waals surface area contributed by atoms with E-state index in [9.17, 15) is 9.59 Å². The van der Waals surface area contributed by atoms with Gasteiger partial charge in [0.25, 0.3) is 0 Å². The first-order chi connectivity index (χ1) is 13.5. The number of nitrogens with zero attached hydrogens (tertiary/aromatic N) is 1. The number of anilines is 1. The van der Waals surface area contributed by atoms with Gasteiger partial charge < -0.3 is 19.9 Å². The normalized spacial score (nSPS) is 12.1. The Bertz CT molecular complexity index is 993. The summed E-state index contributed by atoms with van der Waals surface area (Å²) in [6, 6.07) is 13.9. The molecule has 3 rings (SSSR count). The smallest absolute Gasteiger partial charge is 0.319 e. The van der Waals surface area contributed by atoms with Crippen LogP contribution in [0.2, 0.25) is 0 Å². The zero-order chi connectivity index (χ0) is 20.1. The van der Waals surface area contributed by atoms with Gasteiger partial charge in [0.1, 0.15) is 6.61 Å². The predicted molar refractivity (Wildman–Crippen MR) is 113 cm³/mol. The van der Waals surface area contributed by atoms with Gasteiger partial charge in [0.05, 0.1) is 12.5 Å². The van der Waals surface area contributed by atoms with Gasteiger partial charge in [-0.15, -0.1) is 0 Å². The van der Waals surface area contributed by atoms with Crippen molar-refractivity contribution in [1.29, 1.82) is 0 Å². The van der Waals surface area contributed by atoms with Crippen molar-refractivity contribution < 1.29 is 14.3 Å². The van der Waals surface area contributed by atoms with Crippen LogP contribution in [0.5, 0.6) is 0 Å². The number of rotatable bonds is 7. The molecular weight excluding hydrogens is 354 g/mol. The Labute approximate surface area is 164 Å². The molecule has 6 heteroatoms. The molecule has 1 heterocycles. The van der Waals surface area contributed by atoms with Crippen LogP contribution in [0.1, 0.15) is 27.2 Å². The number of carbonyl (C=O) groups excluding carboxylic acids is 2. The number of aromatic nitrogens is 1. The molecule has 148 valence electrons. The molecule has 0 saturated carbocycles. The largest absolute Gasteiger partial charge is 0.464 e. The standard InChI is InChI=1S/C22H27N3O3/c1-4-15(3)21(26)28-13-12-23-22(27)24-16-10-11-20-18(14-16)17-8-6-7-9-19(17)25(20)5-2/h6-11,14-15H,4-5,12-13H2,1-3H3,(H2,23,24,27). The van der Waals surface area contributed by atoms with Crippen LogP contribution >= 0.6 is 0 Å². The predicted octanol–water partition coefficient (Wildman–Crippen LogP) is 4.53. The quantitative estimate of drug-likeness (QED) is 0.467. The number of hydrogen-bond acceptors (Lipinski definition) is 3. The van der Waals surface area contributed by atoms with Crippen molar-refractivity contribution in [2.24, 2.45) is 5.92 Å². The number of urea groups is 1. The number of para-hydroxylation sites is 1. The Balaban J connectivity index is 1.64. The van der Waals surface area contributed by atoms with Gasteiger partial charge in [0, 0.05) is 34.0 Å². The van der Waals surface area contributed by atoms with E-state index in [0.29, 0.717) is 0 Å². The first-order valence-electron chi connectivity index (χ1n) is 9.77. The molecule has 1 unspecified atom stereocenters. The van der Waals surface area contributed by atoms with E-state index in [0.717, 1.165) is 29.6 Å². The minimum atomic E-state index is -0.321. The van der Waals surface area contributed by atoms with Crippen LogP contribution in [0, 0.1) is 5.92 Å². The average molecular weight is 381 g/mol. The molecule has 2 N–H and O–H groups in total. The summed E-state index contributed by atoms with van der Waals surface area (Å²) >= 11 is 0. The minimum Gasteiger partial charge on any atom is -0.464 e. The second-order valence-corrected chi connectivity index (χ2v) is 6.85. The molecule has 0 aliphatic rings. The maximum absolute atomic E-state index is 12.1. The molecule has 0 saturated heterocycles. The zero-order valence-electron chi connectivity index (χ0n) is 16.6. The third-order valence-corrected chi connectivity index (χ3v) is 4.99. The van der Waals surface area contributed by atoms with Gasteiger partial charge in [-0.2, -0.15) is 0 Å². The van der Waals surface area contributed by atoms with Crippen molar-refractivity contribution in [3.8, 4) is 0 Å². The lowest BCUT2D eigenvalue weighted by Crippen LogP contribution is -2.32. The van der Waals surface area contributed by atoms with Crippen LogP contribution < -0.4 is 10.6 Å². The fourth-order valence-electron chi connectivity index (χ4n) is 3.27. The molecule has 1 atom stereocenters. The molecule has 6 nitrogen and oxygen atoms in total. The van der Waals surface area contributed by atoms with Crippen molar-refractivity contribution in [3.05, 3.63) is 42.5 Å². The number of carbonyl (C=O) groups is 2.